The van der Waals surface area contributed by atoms with Crippen molar-refractivity contribution in [2.75, 3.05) is 13.2 Å². The molecule has 0 radical (unpaired) electrons. The van der Waals surface area contributed by atoms with E-state index in [2.05, 4.69) is 15.2 Å². The molecule has 0 spiro atoms. The Morgan fingerprint density at radius 3 is 3.11 bits per heavy atom. The molecule has 1 atom stereocenters. The van der Waals surface area contributed by atoms with Crippen LogP contribution in [0.1, 0.15) is 18.9 Å². The predicted octanol–water partition coefficient (Wildman–Crippen LogP) is 2.35. The smallest absolute Gasteiger partial charge is 0.195 e. The predicted molar refractivity (Wildman–Crippen MR) is 69.7 cm³/mol. The maximum Gasteiger partial charge on any atom is 0.195 e. The van der Waals surface area contributed by atoms with Crippen LogP contribution in [0.4, 0.5) is 0 Å². The monoisotopic (exact) mass is 262 g/mol. The van der Waals surface area contributed by atoms with Crippen LogP contribution in [-0.2, 0) is 4.74 Å². The van der Waals surface area contributed by atoms with Crippen molar-refractivity contribution < 1.29 is 4.74 Å². The number of hydrogen-bond donors (Lipinski definition) is 1. The zero-order valence-corrected chi connectivity index (χ0v) is 10.7. The number of nitrogens with zero attached hydrogens (tertiary/aromatic N) is 3. The van der Waals surface area contributed by atoms with E-state index in [4.69, 9.17) is 17.0 Å². The van der Waals surface area contributed by atoms with Gasteiger partial charge in [0.1, 0.15) is 5.69 Å². The molecular weight excluding hydrogens is 248 g/mol. The number of H-pyrrole nitrogens is 1. The van der Waals surface area contributed by atoms with Crippen LogP contribution in [0.2, 0.25) is 0 Å². The van der Waals surface area contributed by atoms with Crippen molar-refractivity contribution >= 4 is 12.2 Å². The van der Waals surface area contributed by atoms with Gasteiger partial charge in [-0.2, -0.15) is 5.10 Å². The molecule has 1 saturated heterocycles. The molecule has 2 aromatic heterocycles. The molecule has 5 nitrogen and oxygen atoms in total. The van der Waals surface area contributed by atoms with E-state index in [1.807, 2.05) is 22.8 Å². The highest BCUT2D eigenvalue weighted by Crippen LogP contribution is 2.25. The topological polar surface area (TPSA) is 55.7 Å². The maximum absolute atomic E-state index is 5.52. The zero-order valence-electron chi connectivity index (χ0n) is 9.87. The molecule has 0 aliphatic carbocycles. The number of rotatable bonds is 2. The Morgan fingerprint density at radius 2 is 2.39 bits per heavy atom. The van der Waals surface area contributed by atoms with Crippen molar-refractivity contribution in [2.24, 2.45) is 0 Å². The van der Waals surface area contributed by atoms with Gasteiger partial charge in [0.05, 0.1) is 12.6 Å². The van der Waals surface area contributed by atoms with Crippen LogP contribution in [0.25, 0.3) is 11.5 Å². The van der Waals surface area contributed by atoms with Gasteiger partial charge in [0.2, 0.25) is 0 Å². The van der Waals surface area contributed by atoms with Gasteiger partial charge in [0.25, 0.3) is 0 Å². The zero-order chi connectivity index (χ0) is 12.4. The minimum Gasteiger partial charge on any atom is -0.379 e. The summed E-state index contributed by atoms with van der Waals surface area (Å²) in [5, 5.41) is 7.14. The molecule has 6 heteroatoms. The first-order valence-electron chi connectivity index (χ1n) is 6.02. The molecule has 0 aromatic carbocycles. The first kappa shape index (κ1) is 11.6. The van der Waals surface area contributed by atoms with Crippen LogP contribution in [0, 0.1) is 4.77 Å². The lowest BCUT2D eigenvalue weighted by molar-refractivity contribution is 0.0591. The molecule has 3 heterocycles. The lowest BCUT2D eigenvalue weighted by Crippen LogP contribution is -2.22. The van der Waals surface area contributed by atoms with Gasteiger partial charge in [-0.3, -0.25) is 14.6 Å². The fraction of sp³-hybridized carbons (Fsp3) is 0.417. The van der Waals surface area contributed by atoms with Crippen LogP contribution in [0.15, 0.2) is 24.4 Å². The fourth-order valence-corrected chi connectivity index (χ4v) is 2.53. The minimum atomic E-state index is 0.252. The Balaban J connectivity index is 2.03. The van der Waals surface area contributed by atoms with Crippen LogP contribution in [-0.4, -0.2) is 33.0 Å². The molecule has 0 saturated carbocycles. The minimum absolute atomic E-state index is 0.252. The molecule has 94 valence electrons. The Kier molecular flexibility index (Phi) is 3.21. The van der Waals surface area contributed by atoms with E-state index in [1.165, 1.54) is 0 Å². The molecule has 0 amide bonds. The largest absolute Gasteiger partial charge is 0.379 e. The molecule has 1 unspecified atom stereocenters. The number of hydrogen-bond acceptors (Lipinski definition) is 4. The molecule has 2 aromatic rings. The normalized spacial score (nSPS) is 19.9. The quantitative estimate of drug-likeness (QED) is 0.844. The number of pyridine rings is 1. The Hall–Kier alpha value is -1.53. The van der Waals surface area contributed by atoms with Gasteiger partial charge >= 0.3 is 0 Å². The molecule has 1 N–H and O–H groups in total. The Bertz CT molecular complexity index is 571. The molecule has 1 fully saturated rings. The highest BCUT2D eigenvalue weighted by atomic mass is 32.1. The summed E-state index contributed by atoms with van der Waals surface area (Å²) in [6.07, 6.45) is 3.88. The summed E-state index contributed by atoms with van der Waals surface area (Å²) >= 11 is 5.32. The van der Waals surface area contributed by atoms with Crippen LogP contribution >= 0.6 is 12.2 Å². The van der Waals surface area contributed by atoms with Crippen LogP contribution in [0.3, 0.4) is 0 Å². The first-order chi connectivity index (χ1) is 8.86. The molecule has 18 heavy (non-hydrogen) atoms. The van der Waals surface area contributed by atoms with Gasteiger partial charge in [-0.15, -0.1) is 0 Å². The average molecular weight is 262 g/mol. The summed E-state index contributed by atoms with van der Waals surface area (Å²) in [6.45, 7) is 1.52. The molecule has 0 bridgehead atoms. The van der Waals surface area contributed by atoms with Gasteiger partial charge in [-0.1, -0.05) is 6.07 Å². The molecule has 3 rings (SSSR count). The highest BCUT2D eigenvalue weighted by molar-refractivity contribution is 7.71. The van der Waals surface area contributed by atoms with Crippen molar-refractivity contribution in [3.8, 4) is 11.5 Å². The summed E-state index contributed by atoms with van der Waals surface area (Å²) < 4.78 is 8.18. The van der Waals surface area contributed by atoms with E-state index in [-0.39, 0.29) is 6.04 Å². The Morgan fingerprint density at radius 1 is 1.44 bits per heavy atom. The van der Waals surface area contributed by atoms with Gasteiger partial charge in [-0.05, 0) is 37.2 Å². The maximum atomic E-state index is 5.52. The molecule has 1 aliphatic heterocycles. The van der Waals surface area contributed by atoms with Crippen molar-refractivity contribution in [3.63, 3.8) is 0 Å². The fourth-order valence-electron chi connectivity index (χ4n) is 2.25. The van der Waals surface area contributed by atoms with E-state index in [9.17, 15) is 0 Å². The second-order valence-electron chi connectivity index (χ2n) is 4.31. The number of aromatic nitrogens is 4. The summed E-state index contributed by atoms with van der Waals surface area (Å²) in [4.78, 5) is 4.33. The molecule has 1 aliphatic rings. The SMILES string of the molecule is S=c1[nH]nc(-c2ccccn2)n1C1CCCOC1. The summed E-state index contributed by atoms with van der Waals surface area (Å²) in [6, 6.07) is 6.02. The van der Waals surface area contributed by atoms with Gasteiger partial charge in [0, 0.05) is 12.8 Å². The third-order valence-corrected chi connectivity index (χ3v) is 3.39. The third kappa shape index (κ3) is 2.09. The van der Waals surface area contributed by atoms with E-state index in [0.29, 0.717) is 11.4 Å². The van der Waals surface area contributed by atoms with Gasteiger partial charge in [-0.25, -0.2) is 0 Å². The second-order valence-corrected chi connectivity index (χ2v) is 4.70. The van der Waals surface area contributed by atoms with E-state index >= 15 is 0 Å². The number of ether oxygens (including phenoxy) is 1. The summed E-state index contributed by atoms with van der Waals surface area (Å²) in [5.41, 5.74) is 0.829. The van der Waals surface area contributed by atoms with Gasteiger partial charge in [0.15, 0.2) is 10.6 Å². The lowest BCUT2D eigenvalue weighted by atomic mass is 10.1. The van der Waals surface area contributed by atoms with E-state index in [0.717, 1.165) is 31.0 Å². The average Bonchev–Trinajstić information content (AvgIpc) is 2.83. The Labute approximate surface area is 110 Å². The van der Waals surface area contributed by atoms with E-state index < -0.39 is 0 Å². The van der Waals surface area contributed by atoms with E-state index in [1.54, 1.807) is 6.20 Å². The van der Waals surface area contributed by atoms with Crippen molar-refractivity contribution in [2.45, 2.75) is 18.9 Å². The van der Waals surface area contributed by atoms with Crippen molar-refractivity contribution in [1.29, 1.82) is 0 Å². The highest BCUT2D eigenvalue weighted by Gasteiger charge is 2.21. The van der Waals surface area contributed by atoms with Crippen molar-refractivity contribution in [3.05, 3.63) is 29.2 Å². The number of nitrogens with one attached hydrogen (secondary N) is 1. The standard InChI is InChI=1S/C12H14N4OS/c18-12-15-14-11(10-5-1-2-6-13-10)16(12)9-4-3-7-17-8-9/h1-2,5-6,9H,3-4,7-8H2,(H,15,18). The number of aromatic amines is 1. The second kappa shape index (κ2) is 4.99. The lowest BCUT2D eigenvalue weighted by Gasteiger charge is -2.24. The van der Waals surface area contributed by atoms with Crippen molar-refractivity contribution in [1.82, 2.24) is 19.7 Å². The molecular formula is C12H14N4OS. The third-order valence-electron chi connectivity index (χ3n) is 3.10. The summed E-state index contributed by atoms with van der Waals surface area (Å²) in [7, 11) is 0. The van der Waals surface area contributed by atoms with Crippen LogP contribution in [0.5, 0.6) is 0 Å². The van der Waals surface area contributed by atoms with Crippen LogP contribution < -0.4 is 0 Å². The first-order valence-corrected chi connectivity index (χ1v) is 6.43. The van der Waals surface area contributed by atoms with Gasteiger partial charge < -0.3 is 4.74 Å². The summed E-state index contributed by atoms with van der Waals surface area (Å²) in [5.74, 6) is 0.788.